The molecule has 0 saturated heterocycles. The molecule has 0 spiro atoms. The van der Waals surface area contributed by atoms with Gasteiger partial charge in [-0.1, -0.05) is 0 Å². The van der Waals surface area contributed by atoms with Crippen molar-refractivity contribution in [3.8, 4) is 5.75 Å². The molecule has 0 fully saturated rings. The Morgan fingerprint density at radius 2 is 2.00 bits per heavy atom. The second-order valence-corrected chi connectivity index (χ2v) is 4.58. The van der Waals surface area contributed by atoms with E-state index in [-0.39, 0.29) is 5.56 Å². The van der Waals surface area contributed by atoms with Gasteiger partial charge in [0.15, 0.2) is 0 Å². The average Bonchev–Trinajstić information content (AvgIpc) is 2.47. The third-order valence-corrected chi connectivity index (χ3v) is 3.02. The molecule has 0 aliphatic carbocycles. The summed E-state index contributed by atoms with van der Waals surface area (Å²) in [5, 5.41) is 12.0. The lowest BCUT2D eigenvalue weighted by atomic mass is 10.2. The van der Waals surface area contributed by atoms with Gasteiger partial charge in [-0.2, -0.15) is 0 Å². The van der Waals surface area contributed by atoms with Crippen molar-refractivity contribution in [3.05, 3.63) is 48.0 Å². The van der Waals surface area contributed by atoms with Crippen LogP contribution in [-0.2, 0) is 0 Å². The number of aromatic carboxylic acids is 1. The number of aliphatic imine (C=N–C) groups is 1. The van der Waals surface area contributed by atoms with E-state index in [1.165, 1.54) is 12.1 Å². The molecule has 1 heterocycles. The molecule has 0 aromatic heterocycles. The highest BCUT2D eigenvalue weighted by Crippen LogP contribution is 2.32. The van der Waals surface area contributed by atoms with Gasteiger partial charge in [0.1, 0.15) is 23.9 Å². The monoisotopic (exact) mass is 283 g/mol. The van der Waals surface area contributed by atoms with E-state index < -0.39 is 5.97 Å². The fourth-order valence-corrected chi connectivity index (χ4v) is 1.99. The summed E-state index contributed by atoms with van der Waals surface area (Å²) < 4.78 is 5.58. The van der Waals surface area contributed by atoms with Crippen molar-refractivity contribution in [2.24, 2.45) is 4.99 Å². The number of amidine groups is 1. The second-order valence-electron chi connectivity index (χ2n) is 4.58. The number of nitrogens with two attached hydrogens (primary N) is 1. The van der Waals surface area contributed by atoms with Gasteiger partial charge < -0.3 is 20.9 Å². The summed E-state index contributed by atoms with van der Waals surface area (Å²) in [7, 11) is 0. The maximum Gasteiger partial charge on any atom is 0.335 e. The van der Waals surface area contributed by atoms with E-state index in [4.69, 9.17) is 15.6 Å². The van der Waals surface area contributed by atoms with Crippen molar-refractivity contribution >= 4 is 28.9 Å². The number of hydrogen-bond donors (Lipinski definition) is 3. The number of nitrogens with zero attached hydrogens (tertiary/aromatic N) is 1. The molecular weight excluding hydrogens is 270 g/mol. The summed E-state index contributed by atoms with van der Waals surface area (Å²) >= 11 is 0. The largest absolute Gasteiger partial charge is 0.483 e. The lowest BCUT2D eigenvalue weighted by Crippen LogP contribution is -2.23. The number of carboxylic acids is 1. The minimum Gasteiger partial charge on any atom is -0.483 e. The van der Waals surface area contributed by atoms with Crippen molar-refractivity contribution in [1.82, 2.24) is 0 Å². The zero-order chi connectivity index (χ0) is 14.8. The smallest absolute Gasteiger partial charge is 0.335 e. The first-order chi connectivity index (χ1) is 10.1. The Bertz CT molecular complexity index is 723. The molecule has 21 heavy (non-hydrogen) atoms. The van der Waals surface area contributed by atoms with E-state index in [1.54, 1.807) is 30.3 Å². The van der Waals surface area contributed by atoms with Crippen LogP contribution in [0.5, 0.6) is 5.75 Å². The number of rotatable bonds is 2. The highest BCUT2D eigenvalue weighted by Gasteiger charge is 2.13. The van der Waals surface area contributed by atoms with E-state index in [0.717, 1.165) is 5.69 Å². The van der Waals surface area contributed by atoms with E-state index in [0.29, 0.717) is 29.6 Å². The molecule has 0 radical (unpaired) electrons. The zero-order valence-electron chi connectivity index (χ0n) is 11.0. The number of benzene rings is 2. The van der Waals surface area contributed by atoms with Gasteiger partial charge >= 0.3 is 5.97 Å². The van der Waals surface area contributed by atoms with Crippen molar-refractivity contribution in [1.29, 1.82) is 0 Å². The van der Waals surface area contributed by atoms with E-state index in [1.807, 2.05) is 0 Å². The minimum absolute atomic E-state index is 0.237. The van der Waals surface area contributed by atoms with Crippen LogP contribution in [-0.4, -0.2) is 23.5 Å². The van der Waals surface area contributed by atoms with Crippen LogP contribution in [0.3, 0.4) is 0 Å². The number of carboxylic acid groups (broad SMARTS) is 1. The molecule has 1 aliphatic rings. The summed E-state index contributed by atoms with van der Waals surface area (Å²) in [6.45, 7) is 0.317. The van der Waals surface area contributed by atoms with Gasteiger partial charge in [-0.25, -0.2) is 9.79 Å². The molecule has 0 bridgehead atoms. The quantitative estimate of drug-likeness (QED) is 0.736. The van der Waals surface area contributed by atoms with Crippen molar-refractivity contribution in [2.75, 3.05) is 17.7 Å². The number of fused-ring (bicyclic) bond motifs is 1. The van der Waals surface area contributed by atoms with Crippen molar-refractivity contribution in [3.63, 3.8) is 0 Å². The number of hydrogen-bond acceptors (Lipinski definition) is 5. The molecule has 6 heteroatoms. The van der Waals surface area contributed by atoms with Gasteiger partial charge in [0.25, 0.3) is 0 Å². The van der Waals surface area contributed by atoms with Crippen molar-refractivity contribution in [2.45, 2.75) is 0 Å². The molecule has 1 aliphatic heterocycles. The third kappa shape index (κ3) is 2.79. The Balaban J connectivity index is 1.81. The lowest BCUT2D eigenvalue weighted by Gasteiger charge is -2.18. The van der Waals surface area contributed by atoms with E-state index >= 15 is 0 Å². The first-order valence-electron chi connectivity index (χ1n) is 6.32. The molecule has 106 valence electrons. The van der Waals surface area contributed by atoms with E-state index in [9.17, 15) is 4.79 Å². The lowest BCUT2D eigenvalue weighted by molar-refractivity contribution is 0.0697. The van der Waals surface area contributed by atoms with Crippen LogP contribution < -0.4 is 15.8 Å². The molecule has 6 nitrogen and oxygen atoms in total. The number of ether oxygens (including phenoxy) is 1. The predicted molar refractivity (Wildman–Crippen MR) is 80.5 cm³/mol. The topological polar surface area (TPSA) is 96.9 Å². The Labute approximate surface area is 120 Å². The van der Waals surface area contributed by atoms with Crippen LogP contribution in [0.1, 0.15) is 10.4 Å². The summed E-state index contributed by atoms with van der Waals surface area (Å²) in [5.41, 5.74) is 8.00. The normalized spacial score (nSPS) is 12.9. The first-order valence-corrected chi connectivity index (χ1v) is 6.32. The predicted octanol–water partition coefficient (Wildman–Crippen LogP) is 2.50. The van der Waals surface area contributed by atoms with Gasteiger partial charge in [0.05, 0.1) is 5.56 Å². The maximum absolute atomic E-state index is 10.8. The van der Waals surface area contributed by atoms with E-state index in [2.05, 4.69) is 10.3 Å². The van der Waals surface area contributed by atoms with Crippen LogP contribution in [0, 0.1) is 0 Å². The molecule has 0 amide bonds. The minimum atomic E-state index is -0.954. The second kappa shape index (κ2) is 5.16. The zero-order valence-corrected chi connectivity index (χ0v) is 11.0. The fraction of sp³-hybridized carbons (Fsp3) is 0.0667. The summed E-state index contributed by atoms with van der Waals surface area (Å²) in [4.78, 5) is 15.2. The van der Waals surface area contributed by atoms with Gasteiger partial charge in [-0.15, -0.1) is 0 Å². The van der Waals surface area contributed by atoms with Crippen LogP contribution in [0.2, 0.25) is 0 Å². The fourth-order valence-electron chi connectivity index (χ4n) is 1.99. The van der Waals surface area contributed by atoms with Crippen LogP contribution in [0.15, 0.2) is 47.5 Å². The van der Waals surface area contributed by atoms with Crippen LogP contribution >= 0.6 is 0 Å². The molecule has 2 aromatic carbocycles. The Morgan fingerprint density at radius 1 is 1.24 bits per heavy atom. The Kier molecular flexibility index (Phi) is 3.19. The number of nitrogens with one attached hydrogen (secondary N) is 1. The highest BCUT2D eigenvalue weighted by molar-refractivity contribution is 6.00. The molecule has 4 N–H and O–H groups in total. The summed E-state index contributed by atoms with van der Waals surface area (Å²) in [6.07, 6.45) is 0. The van der Waals surface area contributed by atoms with Crippen LogP contribution in [0.4, 0.5) is 17.1 Å². The average molecular weight is 283 g/mol. The molecule has 0 unspecified atom stereocenters. The molecule has 0 saturated carbocycles. The number of anilines is 2. The molecule has 2 aromatic rings. The summed E-state index contributed by atoms with van der Waals surface area (Å²) in [5.74, 6) is 0.372. The van der Waals surface area contributed by atoms with Crippen molar-refractivity contribution < 1.29 is 14.6 Å². The Morgan fingerprint density at radius 3 is 2.71 bits per heavy atom. The van der Waals surface area contributed by atoms with Gasteiger partial charge in [-0.3, -0.25) is 0 Å². The van der Waals surface area contributed by atoms with Crippen LogP contribution in [0.25, 0.3) is 0 Å². The first kappa shape index (κ1) is 13.0. The Hall–Kier alpha value is -3.02. The van der Waals surface area contributed by atoms with Gasteiger partial charge in [0.2, 0.25) is 0 Å². The molecular formula is C15H13N3O3. The summed E-state index contributed by atoms with van der Waals surface area (Å²) in [6, 6.07) is 11.7. The van der Waals surface area contributed by atoms with Gasteiger partial charge in [-0.05, 0) is 42.5 Å². The SMILES string of the molecule is Nc1ccc2c(c1)N=C(Nc1ccc(C(=O)O)cc1)CO2. The van der Waals surface area contributed by atoms with Gasteiger partial charge in [0, 0.05) is 11.4 Å². The highest BCUT2D eigenvalue weighted by atomic mass is 16.5. The molecule has 0 atom stereocenters. The third-order valence-electron chi connectivity index (χ3n) is 3.02. The standard InChI is InChI=1S/C15H13N3O3/c16-10-3-6-13-12(7-10)18-14(8-21-13)17-11-4-1-9(2-5-11)15(19)20/h1-7H,8,16H2,(H,17,18)(H,19,20). The maximum atomic E-state index is 10.8. The number of carbonyl (C=O) groups is 1. The molecule has 3 rings (SSSR count). The number of nitrogen functional groups attached to an aromatic ring is 1.